The number of benzene rings is 1. The van der Waals surface area contributed by atoms with Crippen molar-refractivity contribution in [2.24, 2.45) is 11.8 Å². The van der Waals surface area contributed by atoms with Gasteiger partial charge in [0.25, 0.3) is 5.91 Å². The van der Waals surface area contributed by atoms with E-state index >= 15 is 0 Å². The number of aryl methyl sites for hydroxylation is 2. The molecule has 1 saturated heterocycles. The quantitative estimate of drug-likeness (QED) is 0.519. The summed E-state index contributed by atoms with van der Waals surface area (Å²) in [6, 6.07) is 7.42. The number of H-pyrrole nitrogens is 1. The molecule has 2 N–H and O–H groups in total. The second-order valence-corrected chi connectivity index (χ2v) is 9.78. The minimum absolute atomic E-state index is 0.00115. The first-order valence-electron chi connectivity index (χ1n) is 12.2. The highest BCUT2D eigenvalue weighted by atomic mass is 35.5. The van der Waals surface area contributed by atoms with Gasteiger partial charge in [0, 0.05) is 53.7 Å². The first kappa shape index (κ1) is 24.3. The third-order valence-corrected chi connectivity index (χ3v) is 7.50. The lowest BCUT2D eigenvalue weighted by Gasteiger charge is -2.34. The number of carbonyl (C=O) groups excluding carboxylic acids is 2. The van der Waals surface area contributed by atoms with Crippen LogP contribution in [0.5, 0.6) is 0 Å². The van der Waals surface area contributed by atoms with Gasteiger partial charge in [0.15, 0.2) is 0 Å². The molecule has 0 saturated carbocycles. The van der Waals surface area contributed by atoms with Crippen molar-refractivity contribution in [3.05, 3.63) is 51.9 Å². The van der Waals surface area contributed by atoms with Crippen LogP contribution < -0.4 is 5.32 Å². The van der Waals surface area contributed by atoms with E-state index in [1.54, 1.807) is 0 Å². The molecule has 2 aromatic heterocycles. The first-order chi connectivity index (χ1) is 16.3. The molecule has 1 aromatic carbocycles. The Morgan fingerprint density at radius 3 is 2.65 bits per heavy atom. The molecule has 1 atom stereocenters. The van der Waals surface area contributed by atoms with E-state index in [2.05, 4.69) is 29.2 Å². The van der Waals surface area contributed by atoms with Crippen molar-refractivity contribution in [2.45, 2.75) is 53.5 Å². The van der Waals surface area contributed by atoms with Gasteiger partial charge in [0.1, 0.15) is 5.69 Å². The summed E-state index contributed by atoms with van der Waals surface area (Å²) in [5.74, 6) is 0.293. The maximum atomic E-state index is 13.0. The molecule has 1 aliphatic rings. The van der Waals surface area contributed by atoms with Gasteiger partial charge < -0.3 is 15.2 Å². The van der Waals surface area contributed by atoms with Crippen LogP contribution in [0.15, 0.2) is 24.3 Å². The minimum atomic E-state index is -0.0759. The summed E-state index contributed by atoms with van der Waals surface area (Å²) in [5, 5.41) is 9.26. The highest BCUT2D eigenvalue weighted by Gasteiger charge is 2.30. The largest absolute Gasteiger partial charge is 0.356 e. The molecule has 1 fully saturated rings. The van der Waals surface area contributed by atoms with Gasteiger partial charge in [-0.3, -0.25) is 14.3 Å². The Hall–Kier alpha value is -2.80. The zero-order valence-electron chi connectivity index (χ0n) is 20.4. The lowest BCUT2D eigenvalue weighted by molar-refractivity contribution is -0.126. The molecule has 1 aliphatic heterocycles. The summed E-state index contributed by atoms with van der Waals surface area (Å²) in [4.78, 5) is 30.9. The first-order valence-corrected chi connectivity index (χ1v) is 12.5. The van der Waals surface area contributed by atoms with Gasteiger partial charge in [-0.15, -0.1) is 0 Å². The van der Waals surface area contributed by atoms with Crippen molar-refractivity contribution in [3.8, 4) is 0 Å². The minimum Gasteiger partial charge on any atom is -0.356 e. The highest BCUT2D eigenvalue weighted by molar-refractivity contribution is 6.31. The summed E-state index contributed by atoms with van der Waals surface area (Å²) in [6.07, 6.45) is 2.44. The third-order valence-electron chi connectivity index (χ3n) is 7.27. The van der Waals surface area contributed by atoms with Crippen LogP contribution >= 0.6 is 11.6 Å². The van der Waals surface area contributed by atoms with Crippen LogP contribution in [0, 0.1) is 25.7 Å². The number of nitrogens with one attached hydrogen (secondary N) is 2. The van der Waals surface area contributed by atoms with Gasteiger partial charge in [0.2, 0.25) is 5.91 Å². The number of hydrogen-bond acceptors (Lipinski definition) is 3. The number of carbonyl (C=O) groups is 2. The lowest BCUT2D eigenvalue weighted by atomic mass is 9.84. The van der Waals surface area contributed by atoms with Gasteiger partial charge >= 0.3 is 0 Å². The Bertz CT molecular complexity index is 1190. The molecule has 8 heteroatoms. The molecule has 0 spiro atoms. The van der Waals surface area contributed by atoms with Crippen LogP contribution in [0.3, 0.4) is 0 Å². The Morgan fingerprint density at radius 2 is 1.97 bits per heavy atom. The SMILES string of the molecule is CCn1nc(C)c(CCNC(=O)[C@H](C)C2CCN(C(=O)c3cc4cc(Cl)ccc4[nH]3)CC2)c1C. The van der Waals surface area contributed by atoms with E-state index in [4.69, 9.17) is 11.6 Å². The molecule has 3 heterocycles. The number of aromatic nitrogens is 3. The third kappa shape index (κ3) is 4.99. The molecular formula is C26H34ClN5O2. The zero-order chi connectivity index (χ0) is 24.4. The van der Waals surface area contributed by atoms with E-state index in [0.717, 1.165) is 42.4 Å². The average molecular weight is 484 g/mol. The van der Waals surface area contributed by atoms with Crippen molar-refractivity contribution >= 4 is 34.3 Å². The molecule has 182 valence electrons. The number of rotatable bonds is 7. The molecule has 0 radical (unpaired) electrons. The van der Waals surface area contributed by atoms with E-state index in [1.807, 2.05) is 47.7 Å². The number of likely N-dealkylation sites (tertiary alicyclic amines) is 1. The standard InChI is InChI=1S/C26H34ClN5O2/c1-5-32-18(4)22(17(3)30-32)8-11-28-25(33)16(2)19-9-12-31(13-10-19)26(34)24-15-20-14-21(27)6-7-23(20)29-24/h6-7,14-16,19,29H,5,8-13H2,1-4H3,(H,28,33)/t16-/m1/s1. The fourth-order valence-electron chi connectivity index (χ4n) is 5.08. The van der Waals surface area contributed by atoms with Gasteiger partial charge in [-0.1, -0.05) is 18.5 Å². The Morgan fingerprint density at radius 1 is 1.24 bits per heavy atom. The number of piperidine rings is 1. The van der Waals surface area contributed by atoms with Crippen LogP contribution in [-0.2, 0) is 17.8 Å². The summed E-state index contributed by atoms with van der Waals surface area (Å²) in [6.45, 7) is 11.0. The van der Waals surface area contributed by atoms with E-state index < -0.39 is 0 Å². The monoisotopic (exact) mass is 483 g/mol. The van der Waals surface area contributed by atoms with Gasteiger partial charge in [-0.25, -0.2) is 0 Å². The van der Waals surface area contributed by atoms with E-state index in [1.165, 1.54) is 11.3 Å². The highest BCUT2D eigenvalue weighted by Crippen LogP contribution is 2.27. The maximum absolute atomic E-state index is 13.0. The van der Waals surface area contributed by atoms with Gasteiger partial charge in [-0.05, 0) is 75.8 Å². The number of fused-ring (bicyclic) bond motifs is 1. The second kappa shape index (κ2) is 10.2. The van der Waals surface area contributed by atoms with Crippen molar-refractivity contribution in [3.63, 3.8) is 0 Å². The van der Waals surface area contributed by atoms with Crippen molar-refractivity contribution in [1.82, 2.24) is 25.0 Å². The Kier molecular flexibility index (Phi) is 7.31. The summed E-state index contributed by atoms with van der Waals surface area (Å²) in [5.41, 5.74) is 4.92. The van der Waals surface area contributed by atoms with E-state index in [0.29, 0.717) is 30.4 Å². The number of halogens is 1. The summed E-state index contributed by atoms with van der Waals surface area (Å²) < 4.78 is 2.01. The van der Waals surface area contributed by atoms with Crippen molar-refractivity contribution < 1.29 is 9.59 Å². The number of hydrogen-bond donors (Lipinski definition) is 2. The van der Waals surface area contributed by atoms with Crippen LogP contribution in [0.25, 0.3) is 10.9 Å². The fraction of sp³-hybridized carbons (Fsp3) is 0.500. The van der Waals surface area contributed by atoms with Crippen molar-refractivity contribution in [2.75, 3.05) is 19.6 Å². The molecular weight excluding hydrogens is 450 g/mol. The smallest absolute Gasteiger partial charge is 0.270 e. The summed E-state index contributed by atoms with van der Waals surface area (Å²) in [7, 11) is 0. The Labute approximate surface area is 205 Å². The molecule has 3 aromatic rings. The molecule has 34 heavy (non-hydrogen) atoms. The van der Waals surface area contributed by atoms with Crippen LogP contribution in [0.2, 0.25) is 5.02 Å². The molecule has 2 amide bonds. The number of nitrogens with zero attached hydrogens (tertiary/aromatic N) is 3. The van der Waals surface area contributed by atoms with Crippen LogP contribution in [0.4, 0.5) is 0 Å². The fourth-order valence-corrected chi connectivity index (χ4v) is 5.26. The van der Waals surface area contributed by atoms with Crippen LogP contribution in [-0.4, -0.2) is 51.1 Å². The zero-order valence-corrected chi connectivity index (χ0v) is 21.2. The number of amides is 2. The molecule has 0 unspecified atom stereocenters. The average Bonchev–Trinajstić information content (AvgIpc) is 3.38. The Balaban J connectivity index is 1.27. The van der Waals surface area contributed by atoms with Gasteiger partial charge in [-0.2, -0.15) is 5.10 Å². The molecule has 4 rings (SSSR count). The summed E-state index contributed by atoms with van der Waals surface area (Å²) >= 11 is 6.07. The predicted molar refractivity (Wildman–Crippen MR) is 135 cm³/mol. The van der Waals surface area contributed by atoms with E-state index in [-0.39, 0.29) is 23.7 Å². The topological polar surface area (TPSA) is 83.0 Å². The molecule has 0 bridgehead atoms. The predicted octanol–water partition coefficient (Wildman–Crippen LogP) is 4.50. The molecule has 0 aliphatic carbocycles. The van der Waals surface area contributed by atoms with Crippen molar-refractivity contribution in [1.29, 1.82) is 0 Å². The number of aromatic amines is 1. The normalized spacial score (nSPS) is 15.6. The van der Waals surface area contributed by atoms with E-state index in [9.17, 15) is 9.59 Å². The lowest BCUT2D eigenvalue weighted by Crippen LogP contribution is -2.43. The second-order valence-electron chi connectivity index (χ2n) is 9.34. The van der Waals surface area contributed by atoms with Gasteiger partial charge in [0.05, 0.1) is 5.69 Å². The maximum Gasteiger partial charge on any atom is 0.270 e. The van der Waals surface area contributed by atoms with Crippen LogP contribution in [0.1, 0.15) is 54.1 Å². The molecule has 7 nitrogen and oxygen atoms in total.